The topological polar surface area (TPSA) is 32.3 Å². The molecule has 1 fully saturated rings. The average molecular weight is 316 g/mol. The number of anilines is 1. The van der Waals surface area contributed by atoms with E-state index >= 15 is 0 Å². The van der Waals surface area contributed by atoms with Crippen LogP contribution in [0.25, 0.3) is 0 Å². The molecular formula is C18H24N2OS. The molecule has 1 saturated carbocycles. The van der Waals surface area contributed by atoms with Gasteiger partial charge in [-0.1, -0.05) is 36.8 Å². The Kier molecular flexibility index (Phi) is 6.67. The summed E-state index contributed by atoms with van der Waals surface area (Å²) >= 11 is 1.79. The normalized spacial score (nSPS) is 14.3. The molecule has 1 aromatic rings. The van der Waals surface area contributed by atoms with Gasteiger partial charge in [0.25, 0.3) is 0 Å². The van der Waals surface area contributed by atoms with E-state index in [4.69, 9.17) is 0 Å². The quantitative estimate of drug-likeness (QED) is 0.848. The molecule has 0 bridgehead atoms. The van der Waals surface area contributed by atoms with Gasteiger partial charge in [-0.05, 0) is 25.0 Å². The zero-order valence-electron chi connectivity index (χ0n) is 13.4. The fourth-order valence-corrected chi connectivity index (χ4v) is 3.71. The predicted octanol–water partition coefficient (Wildman–Crippen LogP) is 2.90. The Morgan fingerprint density at radius 1 is 1.32 bits per heavy atom. The van der Waals surface area contributed by atoms with Gasteiger partial charge in [0.2, 0.25) is 5.91 Å². The molecule has 0 aromatic heterocycles. The van der Waals surface area contributed by atoms with Gasteiger partial charge in [0.1, 0.15) is 0 Å². The lowest BCUT2D eigenvalue weighted by atomic mass is 10.1. The molecule has 1 aliphatic rings. The maximum atomic E-state index is 11.8. The Labute approximate surface area is 137 Å². The van der Waals surface area contributed by atoms with Gasteiger partial charge in [0, 0.05) is 24.9 Å². The van der Waals surface area contributed by atoms with Gasteiger partial charge in [0.15, 0.2) is 0 Å². The highest BCUT2D eigenvalue weighted by atomic mass is 32.2. The Bertz CT molecular complexity index is 554. The summed E-state index contributed by atoms with van der Waals surface area (Å²) in [5.41, 5.74) is 2.08. The van der Waals surface area contributed by atoms with Crippen molar-refractivity contribution in [2.45, 2.75) is 30.9 Å². The molecule has 0 saturated heterocycles. The minimum atomic E-state index is 0.0899. The number of rotatable bonds is 5. The molecule has 1 amide bonds. The third kappa shape index (κ3) is 5.31. The maximum absolute atomic E-state index is 11.8. The van der Waals surface area contributed by atoms with Gasteiger partial charge in [-0.25, -0.2) is 0 Å². The fourth-order valence-electron chi connectivity index (χ4n) is 2.55. The van der Waals surface area contributed by atoms with Gasteiger partial charge in [-0.15, -0.1) is 11.8 Å². The van der Waals surface area contributed by atoms with Crippen molar-refractivity contribution in [2.24, 2.45) is 0 Å². The smallest absolute Gasteiger partial charge is 0.230 e. The predicted molar refractivity (Wildman–Crippen MR) is 95.4 cm³/mol. The molecule has 1 N–H and O–H groups in total. The monoisotopic (exact) mass is 316 g/mol. The number of thioether (sulfide) groups is 1. The summed E-state index contributed by atoms with van der Waals surface area (Å²) in [7, 11) is 4.01. The lowest BCUT2D eigenvalue weighted by Gasteiger charge is -2.13. The van der Waals surface area contributed by atoms with Gasteiger partial charge in [-0.3, -0.25) is 4.79 Å². The molecule has 0 spiro atoms. The largest absolute Gasteiger partial charge is 0.377 e. The van der Waals surface area contributed by atoms with Crippen LogP contribution in [0.2, 0.25) is 0 Å². The number of carbonyl (C=O) groups excluding carboxylic acids is 1. The molecule has 4 heteroatoms. The van der Waals surface area contributed by atoms with Crippen LogP contribution in [0, 0.1) is 11.8 Å². The van der Waals surface area contributed by atoms with Crippen LogP contribution in [-0.2, 0) is 4.79 Å². The van der Waals surface area contributed by atoms with Gasteiger partial charge in [0.05, 0.1) is 18.0 Å². The van der Waals surface area contributed by atoms with Gasteiger partial charge >= 0.3 is 0 Å². The summed E-state index contributed by atoms with van der Waals surface area (Å²) in [6.45, 7) is 0.409. The zero-order valence-corrected chi connectivity index (χ0v) is 14.2. The van der Waals surface area contributed by atoms with E-state index in [1.54, 1.807) is 11.8 Å². The summed E-state index contributed by atoms with van der Waals surface area (Å²) in [6.07, 6.45) is 5.16. The molecule has 22 heavy (non-hydrogen) atoms. The first-order chi connectivity index (χ1) is 10.7. The highest BCUT2D eigenvalue weighted by molar-refractivity contribution is 8.00. The Morgan fingerprint density at radius 3 is 2.77 bits per heavy atom. The number of nitrogens with zero attached hydrogens (tertiary/aromatic N) is 1. The minimum absolute atomic E-state index is 0.0899. The molecule has 118 valence electrons. The summed E-state index contributed by atoms with van der Waals surface area (Å²) in [5, 5.41) is 3.56. The van der Waals surface area contributed by atoms with E-state index < -0.39 is 0 Å². The number of carbonyl (C=O) groups is 1. The van der Waals surface area contributed by atoms with E-state index in [0.717, 1.165) is 11.3 Å². The third-order valence-electron chi connectivity index (χ3n) is 3.74. The highest BCUT2D eigenvalue weighted by Gasteiger charge is 2.16. The molecule has 3 nitrogen and oxygen atoms in total. The standard InChI is InChI=1S/C18H24N2OS/c1-20(2)17-12-6-3-8-15(17)9-7-13-19-18(21)14-22-16-10-4-5-11-16/h3,6,8,12,16H,4-5,10-11,13-14H2,1-2H3,(H,19,21). The molecule has 1 aliphatic carbocycles. The molecule has 0 atom stereocenters. The van der Waals surface area contributed by atoms with E-state index in [1.807, 2.05) is 43.3 Å². The average Bonchev–Trinajstić information content (AvgIpc) is 3.03. The molecule has 2 rings (SSSR count). The van der Waals surface area contributed by atoms with Crippen molar-refractivity contribution in [3.8, 4) is 11.8 Å². The van der Waals surface area contributed by atoms with Crippen LogP contribution in [0.15, 0.2) is 24.3 Å². The summed E-state index contributed by atoms with van der Waals surface area (Å²) in [5.74, 6) is 6.82. The number of hydrogen-bond acceptors (Lipinski definition) is 3. The number of hydrogen-bond donors (Lipinski definition) is 1. The maximum Gasteiger partial charge on any atom is 0.230 e. The van der Waals surface area contributed by atoms with Crippen molar-refractivity contribution in [3.63, 3.8) is 0 Å². The van der Waals surface area contributed by atoms with Crippen LogP contribution < -0.4 is 10.2 Å². The lowest BCUT2D eigenvalue weighted by molar-refractivity contribution is -0.118. The van der Waals surface area contributed by atoms with Crippen molar-refractivity contribution in [2.75, 3.05) is 31.3 Å². The van der Waals surface area contributed by atoms with Gasteiger partial charge < -0.3 is 10.2 Å². The first kappa shape index (κ1) is 16.8. The lowest BCUT2D eigenvalue weighted by Crippen LogP contribution is -2.26. The highest BCUT2D eigenvalue weighted by Crippen LogP contribution is 2.28. The van der Waals surface area contributed by atoms with Gasteiger partial charge in [-0.2, -0.15) is 0 Å². The van der Waals surface area contributed by atoms with E-state index in [1.165, 1.54) is 25.7 Å². The molecular weight excluding hydrogens is 292 g/mol. The fraction of sp³-hybridized carbons (Fsp3) is 0.500. The first-order valence-corrected chi connectivity index (χ1v) is 8.85. The number of para-hydroxylation sites is 1. The van der Waals surface area contributed by atoms with Crippen LogP contribution in [0.4, 0.5) is 5.69 Å². The summed E-state index contributed by atoms with van der Waals surface area (Å²) < 4.78 is 0. The van der Waals surface area contributed by atoms with Crippen LogP contribution >= 0.6 is 11.8 Å². The van der Waals surface area contributed by atoms with Crippen LogP contribution in [0.5, 0.6) is 0 Å². The second kappa shape index (κ2) is 8.75. The number of nitrogens with one attached hydrogen (secondary N) is 1. The number of benzene rings is 1. The van der Waals surface area contributed by atoms with Crippen molar-refractivity contribution in [1.29, 1.82) is 0 Å². The van der Waals surface area contributed by atoms with Crippen molar-refractivity contribution in [3.05, 3.63) is 29.8 Å². The molecule has 1 aromatic carbocycles. The van der Waals surface area contributed by atoms with Crippen molar-refractivity contribution in [1.82, 2.24) is 5.32 Å². The summed E-state index contributed by atoms with van der Waals surface area (Å²) in [4.78, 5) is 13.8. The van der Waals surface area contributed by atoms with E-state index in [2.05, 4.69) is 17.2 Å². The minimum Gasteiger partial charge on any atom is -0.377 e. The van der Waals surface area contributed by atoms with E-state index in [0.29, 0.717) is 17.5 Å². The first-order valence-electron chi connectivity index (χ1n) is 7.80. The van der Waals surface area contributed by atoms with E-state index in [-0.39, 0.29) is 5.91 Å². The molecule has 0 unspecified atom stereocenters. The van der Waals surface area contributed by atoms with Crippen LogP contribution in [0.3, 0.4) is 0 Å². The van der Waals surface area contributed by atoms with Crippen molar-refractivity contribution < 1.29 is 4.79 Å². The Morgan fingerprint density at radius 2 is 2.05 bits per heavy atom. The Balaban J connectivity index is 1.75. The summed E-state index contributed by atoms with van der Waals surface area (Å²) in [6, 6.07) is 8.03. The zero-order chi connectivity index (χ0) is 15.8. The molecule has 0 aliphatic heterocycles. The van der Waals surface area contributed by atoms with E-state index in [9.17, 15) is 4.79 Å². The number of amides is 1. The molecule has 0 heterocycles. The second-order valence-corrected chi connectivity index (χ2v) is 7.00. The SMILES string of the molecule is CN(C)c1ccccc1C#CCNC(=O)CSC1CCCC1. The third-order valence-corrected chi connectivity index (χ3v) is 5.11. The van der Waals surface area contributed by atoms with Crippen LogP contribution in [-0.4, -0.2) is 37.6 Å². The Hall–Kier alpha value is -1.60. The second-order valence-electron chi connectivity index (χ2n) is 5.71. The van der Waals surface area contributed by atoms with Crippen molar-refractivity contribution >= 4 is 23.4 Å². The van der Waals surface area contributed by atoms with Crippen LogP contribution in [0.1, 0.15) is 31.2 Å². The molecule has 0 radical (unpaired) electrons.